The van der Waals surface area contributed by atoms with Crippen molar-refractivity contribution in [2.24, 2.45) is 7.05 Å². The number of rotatable bonds is 11. The van der Waals surface area contributed by atoms with Crippen LogP contribution in [-0.4, -0.2) is 54.1 Å². The molecule has 0 saturated heterocycles. The summed E-state index contributed by atoms with van der Waals surface area (Å²) in [7, 11) is 2.51. The number of anilines is 4. The van der Waals surface area contributed by atoms with Gasteiger partial charge in [-0.05, 0) is 60.0 Å². The molecule has 5 rings (SSSR count). The summed E-state index contributed by atoms with van der Waals surface area (Å²) in [5.74, 6) is 2.13. The van der Waals surface area contributed by atoms with Gasteiger partial charge in [-0.1, -0.05) is 24.3 Å². The summed E-state index contributed by atoms with van der Waals surface area (Å²) < 4.78 is 30.2. The maximum Gasteiger partial charge on any atom is 0.227 e. The van der Waals surface area contributed by atoms with Crippen LogP contribution < -0.4 is 20.7 Å². The van der Waals surface area contributed by atoms with Gasteiger partial charge in [0.1, 0.15) is 21.1 Å². The van der Waals surface area contributed by atoms with Crippen molar-refractivity contribution in [2.45, 2.75) is 13.0 Å². The molecule has 3 N–H and O–H groups in total. The Morgan fingerprint density at radius 3 is 2.31 bits per heavy atom. The van der Waals surface area contributed by atoms with Crippen LogP contribution in [0.5, 0.6) is 5.75 Å². The summed E-state index contributed by atoms with van der Waals surface area (Å²) in [5.41, 5.74) is 7.15. The lowest BCUT2D eigenvalue weighted by atomic mass is 10.1. The number of hydrogen-bond acceptors (Lipinski definition) is 9. The summed E-state index contributed by atoms with van der Waals surface area (Å²) in [6.45, 7) is 0.615. The second kappa shape index (κ2) is 13.1. The molecule has 0 aliphatic heterocycles. The van der Waals surface area contributed by atoms with Gasteiger partial charge < -0.3 is 25.3 Å². The molecule has 0 aliphatic carbocycles. The molecule has 0 atom stereocenters. The number of fused-ring (bicyclic) bond motifs is 1. The number of aromatic nitrogens is 4. The second-order valence-electron chi connectivity index (χ2n) is 9.77. The zero-order valence-electron chi connectivity index (χ0n) is 23.9. The molecule has 2 heterocycles. The van der Waals surface area contributed by atoms with E-state index in [0.717, 1.165) is 56.5 Å². The molecular weight excluding hydrogens is 574 g/mol. The SMILES string of the molecule is CNc1ccc2c(nc(NCc3ccc(OC)cc3)n2C)c1-c1ccnc(Nc2ccc(CCS(C)(=O)=O)cc2)n1.Cl. The zero-order valence-corrected chi connectivity index (χ0v) is 25.5. The van der Waals surface area contributed by atoms with E-state index in [1.807, 2.05) is 85.4 Å². The lowest BCUT2D eigenvalue weighted by Crippen LogP contribution is -2.05. The Morgan fingerprint density at radius 2 is 1.64 bits per heavy atom. The van der Waals surface area contributed by atoms with Crippen molar-refractivity contribution in [3.8, 4) is 17.0 Å². The number of benzene rings is 3. The molecule has 5 aromatic rings. The van der Waals surface area contributed by atoms with Crippen LogP contribution in [0.2, 0.25) is 0 Å². The Bertz CT molecular complexity index is 1770. The summed E-state index contributed by atoms with van der Waals surface area (Å²) in [6.07, 6.45) is 3.44. The molecule has 2 aromatic heterocycles. The van der Waals surface area contributed by atoms with E-state index in [2.05, 4.69) is 20.9 Å². The largest absolute Gasteiger partial charge is 0.497 e. The highest BCUT2D eigenvalue weighted by Gasteiger charge is 2.18. The number of halogens is 1. The number of hydrogen-bond donors (Lipinski definition) is 3. The smallest absolute Gasteiger partial charge is 0.227 e. The molecule has 0 amide bonds. The Kier molecular flexibility index (Phi) is 9.54. The Balaban J connectivity index is 0.00000405. The fourth-order valence-corrected chi connectivity index (χ4v) is 5.16. The van der Waals surface area contributed by atoms with Crippen LogP contribution in [0.4, 0.5) is 23.3 Å². The number of nitrogens with zero attached hydrogens (tertiary/aromatic N) is 4. The number of methoxy groups -OCH3 is 1. The predicted molar refractivity (Wildman–Crippen MR) is 172 cm³/mol. The van der Waals surface area contributed by atoms with Crippen molar-refractivity contribution >= 4 is 56.5 Å². The van der Waals surface area contributed by atoms with E-state index in [1.54, 1.807) is 13.3 Å². The molecule has 0 saturated carbocycles. The topological polar surface area (TPSA) is 123 Å². The lowest BCUT2D eigenvalue weighted by molar-refractivity contribution is 0.414. The monoisotopic (exact) mass is 607 g/mol. The molecule has 3 aromatic carbocycles. The number of sulfone groups is 1. The maximum atomic E-state index is 11.5. The van der Waals surface area contributed by atoms with Gasteiger partial charge in [0.2, 0.25) is 11.9 Å². The van der Waals surface area contributed by atoms with Gasteiger partial charge in [-0.15, -0.1) is 12.4 Å². The van der Waals surface area contributed by atoms with Crippen LogP contribution in [0.25, 0.3) is 22.3 Å². The van der Waals surface area contributed by atoms with Crippen LogP contribution >= 0.6 is 12.4 Å². The highest BCUT2D eigenvalue weighted by Crippen LogP contribution is 2.35. The minimum Gasteiger partial charge on any atom is -0.497 e. The first-order chi connectivity index (χ1) is 19.7. The Labute approximate surface area is 251 Å². The van der Waals surface area contributed by atoms with Crippen LogP contribution in [-0.2, 0) is 29.9 Å². The van der Waals surface area contributed by atoms with Crippen LogP contribution in [0, 0.1) is 0 Å². The van der Waals surface area contributed by atoms with Crippen LogP contribution in [0.3, 0.4) is 0 Å². The van der Waals surface area contributed by atoms with Crippen molar-refractivity contribution in [1.82, 2.24) is 19.5 Å². The zero-order chi connectivity index (χ0) is 29.0. The van der Waals surface area contributed by atoms with E-state index in [4.69, 9.17) is 14.7 Å². The van der Waals surface area contributed by atoms with Crippen LogP contribution in [0.1, 0.15) is 11.1 Å². The number of aryl methyl sites for hydroxylation is 2. The number of nitrogens with one attached hydrogen (secondary N) is 3. The number of imidazole rings is 1. The Morgan fingerprint density at radius 1 is 0.929 bits per heavy atom. The van der Waals surface area contributed by atoms with Crippen molar-refractivity contribution in [3.63, 3.8) is 0 Å². The minimum atomic E-state index is -3.01. The molecular formula is C30H34ClN7O3S. The van der Waals surface area contributed by atoms with E-state index in [0.29, 0.717) is 18.9 Å². The first-order valence-electron chi connectivity index (χ1n) is 13.1. The van der Waals surface area contributed by atoms with Gasteiger partial charge in [0, 0.05) is 44.5 Å². The highest BCUT2D eigenvalue weighted by atomic mass is 35.5. The van der Waals surface area contributed by atoms with Gasteiger partial charge >= 0.3 is 0 Å². The third-order valence-electron chi connectivity index (χ3n) is 6.82. The van der Waals surface area contributed by atoms with E-state index in [1.165, 1.54) is 6.26 Å². The third kappa shape index (κ3) is 7.10. The molecule has 0 spiro atoms. The fraction of sp³-hybridized carbons (Fsp3) is 0.233. The molecule has 42 heavy (non-hydrogen) atoms. The number of ether oxygens (including phenoxy) is 1. The van der Waals surface area contributed by atoms with Gasteiger partial charge in [-0.25, -0.2) is 23.4 Å². The average molecular weight is 608 g/mol. The molecule has 12 heteroatoms. The van der Waals surface area contributed by atoms with Crippen molar-refractivity contribution < 1.29 is 13.2 Å². The van der Waals surface area contributed by atoms with Gasteiger partial charge in [-0.3, -0.25) is 0 Å². The van der Waals surface area contributed by atoms with Crippen molar-refractivity contribution in [2.75, 3.05) is 42.1 Å². The predicted octanol–water partition coefficient (Wildman–Crippen LogP) is 5.45. The van der Waals surface area contributed by atoms with Gasteiger partial charge in [-0.2, -0.15) is 0 Å². The lowest BCUT2D eigenvalue weighted by Gasteiger charge is -2.12. The van der Waals surface area contributed by atoms with E-state index in [9.17, 15) is 8.42 Å². The Hall–Kier alpha value is -4.35. The van der Waals surface area contributed by atoms with Crippen molar-refractivity contribution in [3.05, 3.63) is 84.1 Å². The minimum absolute atomic E-state index is 0. The normalized spacial score (nSPS) is 11.1. The van der Waals surface area contributed by atoms with Crippen LogP contribution in [0.15, 0.2) is 72.9 Å². The second-order valence-corrected chi connectivity index (χ2v) is 12.0. The molecule has 0 fully saturated rings. The van der Waals surface area contributed by atoms with E-state index in [-0.39, 0.29) is 18.2 Å². The van der Waals surface area contributed by atoms with E-state index < -0.39 is 9.84 Å². The summed E-state index contributed by atoms with van der Waals surface area (Å²) in [6, 6.07) is 21.5. The van der Waals surface area contributed by atoms with Gasteiger partial charge in [0.05, 0.1) is 29.6 Å². The summed E-state index contributed by atoms with van der Waals surface area (Å²) in [4.78, 5) is 14.2. The quantitative estimate of drug-likeness (QED) is 0.180. The molecule has 0 unspecified atom stereocenters. The first kappa shape index (κ1) is 30.6. The standard InChI is InChI=1S/C30H33N7O3S.ClH/c1-31-24-13-14-26-28(36-30(37(26)2)33-19-21-7-11-23(40-3)12-8-21)27(24)25-15-17-32-29(35-25)34-22-9-5-20(6-10-22)16-18-41(4,38)39;/h5-15,17,31H,16,18-19H2,1-4H3,(H,33,36)(H,32,34,35);1H. The molecule has 0 bridgehead atoms. The first-order valence-corrected chi connectivity index (χ1v) is 15.2. The van der Waals surface area contributed by atoms with Gasteiger partial charge in [0.15, 0.2) is 0 Å². The molecule has 0 aliphatic rings. The highest BCUT2D eigenvalue weighted by molar-refractivity contribution is 7.90. The van der Waals surface area contributed by atoms with Crippen molar-refractivity contribution in [1.29, 1.82) is 0 Å². The van der Waals surface area contributed by atoms with Gasteiger partial charge in [0.25, 0.3) is 0 Å². The molecule has 0 radical (unpaired) electrons. The van der Waals surface area contributed by atoms with E-state index >= 15 is 0 Å². The third-order valence-corrected chi connectivity index (χ3v) is 7.76. The fourth-order valence-electron chi connectivity index (χ4n) is 4.55. The molecule has 220 valence electrons. The summed E-state index contributed by atoms with van der Waals surface area (Å²) in [5, 5.41) is 9.98. The maximum absolute atomic E-state index is 11.5. The molecule has 10 nitrogen and oxygen atoms in total. The summed E-state index contributed by atoms with van der Waals surface area (Å²) >= 11 is 0. The average Bonchev–Trinajstić information content (AvgIpc) is 3.30.